The lowest BCUT2D eigenvalue weighted by Crippen LogP contribution is -2.41. The van der Waals surface area contributed by atoms with Crippen molar-refractivity contribution in [2.24, 2.45) is 5.73 Å². The second-order valence-corrected chi connectivity index (χ2v) is 5.75. The molecule has 2 heterocycles. The maximum Gasteiger partial charge on any atom is 0.0842 e. The molecule has 0 radical (unpaired) electrons. The smallest absolute Gasteiger partial charge is 0.0842 e. The van der Waals surface area contributed by atoms with Gasteiger partial charge in [-0.3, -0.25) is 4.84 Å². The Morgan fingerprint density at radius 3 is 2.75 bits per heavy atom. The second kappa shape index (κ2) is 5.27. The Bertz CT molecular complexity index is 332. The molecule has 90 valence electrons. The second-order valence-electron chi connectivity index (χ2n) is 4.43. The molecular weight excluding hydrogens is 220 g/mol. The van der Waals surface area contributed by atoms with Gasteiger partial charge in [-0.2, -0.15) is 5.06 Å². The first-order chi connectivity index (χ1) is 7.68. The molecule has 0 spiro atoms. The summed E-state index contributed by atoms with van der Waals surface area (Å²) in [5, 5.41) is 2.07. The molecule has 0 aliphatic carbocycles. The van der Waals surface area contributed by atoms with Gasteiger partial charge in [-0.15, -0.1) is 11.3 Å². The highest BCUT2D eigenvalue weighted by Crippen LogP contribution is 2.31. The Kier molecular flexibility index (Phi) is 3.97. The van der Waals surface area contributed by atoms with Gasteiger partial charge in [0, 0.05) is 22.3 Å². The summed E-state index contributed by atoms with van der Waals surface area (Å²) < 4.78 is 0. The molecule has 2 unspecified atom stereocenters. The molecule has 3 nitrogen and oxygen atoms in total. The lowest BCUT2D eigenvalue weighted by Gasteiger charge is -2.35. The minimum absolute atomic E-state index is 0.0937. The summed E-state index contributed by atoms with van der Waals surface area (Å²) in [6, 6.07) is 4.63. The largest absolute Gasteiger partial charge is 0.326 e. The molecule has 1 fully saturated rings. The maximum atomic E-state index is 6.09. The van der Waals surface area contributed by atoms with Crippen LogP contribution < -0.4 is 5.73 Å². The molecule has 4 heteroatoms. The van der Waals surface area contributed by atoms with Gasteiger partial charge in [0.1, 0.15) is 0 Å². The molecule has 1 saturated heterocycles. The van der Waals surface area contributed by atoms with E-state index in [1.54, 1.807) is 0 Å². The van der Waals surface area contributed by atoms with Gasteiger partial charge in [0.25, 0.3) is 0 Å². The van der Waals surface area contributed by atoms with Gasteiger partial charge in [-0.25, -0.2) is 0 Å². The predicted molar refractivity (Wildman–Crippen MR) is 67.3 cm³/mol. The quantitative estimate of drug-likeness (QED) is 0.882. The Labute approximate surface area is 101 Å². The van der Waals surface area contributed by atoms with Crippen molar-refractivity contribution < 1.29 is 4.84 Å². The first-order valence-corrected chi connectivity index (χ1v) is 6.71. The highest BCUT2D eigenvalue weighted by molar-refractivity contribution is 7.12. The minimum atomic E-state index is 0.0937. The van der Waals surface area contributed by atoms with E-state index in [2.05, 4.69) is 31.0 Å². The maximum absolute atomic E-state index is 6.09. The lowest BCUT2D eigenvalue weighted by atomic mass is 10.1. The first-order valence-electron chi connectivity index (χ1n) is 5.90. The van der Waals surface area contributed by atoms with E-state index in [0.717, 1.165) is 19.6 Å². The zero-order chi connectivity index (χ0) is 11.5. The number of aryl methyl sites for hydroxylation is 1. The molecular formula is C12H20N2OS. The number of hydroxylamine groups is 2. The normalized spacial score (nSPS) is 21.9. The summed E-state index contributed by atoms with van der Waals surface area (Å²) in [6.07, 6.45) is 2.36. The monoisotopic (exact) mass is 240 g/mol. The number of rotatable bonds is 3. The molecule has 1 aromatic heterocycles. The number of hydrogen-bond donors (Lipinski definition) is 1. The molecule has 2 N–H and O–H groups in total. The highest BCUT2D eigenvalue weighted by atomic mass is 32.1. The van der Waals surface area contributed by atoms with Crippen molar-refractivity contribution in [2.45, 2.75) is 38.8 Å². The fourth-order valence-electron chi connectivity index (χ4n) is 2.11. The van der Waals surface area contributed by atoms with Crippen LogP contribution in [0.15, 0.2) is 12.1 Å². The van der Waals surface area contributed by atoms with Gasteiger partial charge in [0.15, 0.2) is 0 Å². The van der Waals surface area contributed by atoms with Crippen LogP contribution in [0, 0.1) is 6.92 Å². The Balaban J connectivity index is 2.16. The zero-order valence-corrected chi connectivity index (χ0v) is 10.8. The van der Waals surface area contributed by atoms with Crippen LogP contribution in [0.25, 0.3) is 0 Å². The SMILES string of the molecule is Cc1ccc(C(C(C)N)N2CCCCO2)s1. The summed E-state index contributed by atoms with van der Waals surface area (Å²) >= 11 is 1.82. The third kappa shape index (κ3) is 2.63. The van der Waals surface area contributed by atoms with E-state index in [-0.39, 0.29) is 12.1 Å². The molecule has 0 amide bonds. The van der Waals surface area contributed by atoms with Crippen LogP contribution in [0.5, 0.6) is 0 Å². The van der Waals surface area contributed by atoms with Crippen LogP contribution in [-0.2, 0) is 4.84 Å². The van der Waals surface area contributed by atoms with Crippen LogP contribution >= 0.6 is 11.3 Å². The topological polar surface area (TPSA) is 38.5 Å². The molecule has 1 aliphatic rings. The van der Waals surface area contributed by atoms with Gasteiger partial charge in [0.2, 0.25) is 0 Å². The first kappa shape index (κ1) is 12.0. The lowest BCUT2D eigenvalue weighted by molar-refractivity contribution is -0.210. The Morgan fingerprint density at radius 1 is 1.44 bits per heavy atom. The Morgan fingerprint density at radius 2 is 2.25 bits per heavy atom. The number of thiophene rings is 1. The van der Waals surface area contributed by atoms with Gasteiger partial charge < -0.3 is 5.73 Å². The average molecular weight is 240 g/mol. The van der Waals surface area contributed by atoms with Crippen molar-refractivity contribution in [1.29, 1.82) is 0 Å². The summed E-state index contributed by atoms with van der Waals surface area (Å²) in [7, 11) is 0. The van der Waals surface area contributed by atoms with E-state index >= 15 is 0 Å². The summed E-state index contributed by atoms with van der Waals surface area (Å²) in [6.45, 7) is 6.00. The molecule has 0 aromatic carbocycles. The zero-order valence-electron chi connectivity index (χ0n) is 9.98. The highest BCUT2D eigenvalue weighted by Gasteiger charge is 2.27. The standard InChI is InChI=1S/C12H20N2OS/c1-9-5-6-11(16-9)12(10(2)13)14-7-3-4-8-15-14/h5-6,10,12H,3-4,7-8,13H2,1-2H3. The third-order valence-electron chi connectivity index (χ3n) is 2.89. The van der Waals surface area contributed by atoms with E-state index < -0.39 is 0 Å². The van der Waals surface area contributed by atoms with Gasteiger partial charge in [-0.05, 0) is 38.8 Å². The van der Waals surface area contributed by atoms with Crippen molar-refractivity contribution in [3.8, 4) is 0 Å². The Hall–Kier alpha value is -0.420. The number of hydrogen-bond acceptors (Lipinski definition) is 4. The predicted octanol–water partition coefficient (Wildman–Crippen LogP) is 2.47. The summed E-state index contributed by atoms with van der Waals surface area (Å²) in [4.78, 5) is 8.37. The van der Waals surface area contributed by atoms with E-state index in [0.29, 0.717) is 0 Å². The van der Waals surface area contributed by atoms with Crippen molar-refractivity contribution in [3.63, 3.8) is 0 Å². The number of nitrogens with two attached hydrogens (primary N) is 1. The summed E-state index contributed by atoms with van der Waals surface area (Å²) in [5.74, 6) is 0. The van der Waals surface area contributed by atoms with Gasteiger partial charge >= 0.3 is 0 Å². The fraction of sp³-hybridized carbons (Fsp3) is 0.667. The van der Waals surface area contributed by atoms with E-state index in [9.17, 15) is 0 Å². The van der Waals surface area contributed by atoms with E-state index in [4.69, 9.17) is 10.6 Å². The van der Waals surface area contributed by atoms with Crippen LogP contribution in [0.3, 0.4) is 0 Å². The van der Waals surface area contributed by atoms with Crippen molar-refractivity contribution in [2.75, 3.05) is 13.2 Å². The van der Waals surface area contributed by atoms with Crippen molar-refractivity contribution in [1.82, 2.24) is 5.06 Å². The minimum Gasteiger partial charge on any atom is -0.326 e. The van der Waals surface area contributed by atoms with Crippen LogP contribution in [-0.4, -0.2) is 24.3 Å². The molecule has 1 aliphatic heterocycles. The van der Waals surface area contributed by atoms with Gasteiger partial charge in [-0.1, -0.05) is 0 Å². The van der Waals surface area contributed by atoms with Crippen molar-refractivity contribution >= 4 is 11.3 Å². The molecule has 2 atom stereocenters. The average Bonchev–Trinajstić information content (AvgIpc) is 2.66. The van der Waals surface area contributed by atoms with Crippen LogP contribution in [0.2, 0.25) is 0 Å². The number of nitrogens with zero attached hydrogens (tertiary/aromatic N) is 1. The van der Waals surface area contributed by atoms with Gasteiger partial charge in [0.05, 0.1) is 12.6 Å². The molecule has 16 heavy (non-hydrogen) atoms. The molecule has 0 saturated carbocycles. The fourth-order valence-corrected chi connectivity index (χ4v) is 3.21. The molecule has 2 rings (SSSR count). The van der Waals surface area contributed by atoms with Crippen LogP contribution in [0.4, 0.5) is 0 Å². The van der Waals surface area contributed by atoms with E-state index in [1.807, 2.05) is 11.3 Å². The van der Waals surface area contributed by atoms with Crippen molar-refractivity contribution in [3.05, 3.63) is 21.9 Å². The summed E-state index contributed by atoms with van der Waals surface area (Å²) in [5.41, 5.74) is 6.09. The molecule has 0 bridgehead atoms. The third-order valence-corrected chi connectivity index (χ3v) is 3.96. The molecule has 1 aromatic rings. The van der Waals surface area contributed by atoms with Crippen LogP contribution in [0.1, 0.15) is 35.6 Å². The van der Waals surface area contributed by atoms with E-state index in [1.165, 1.54) is 16.2 Å².